The molecule has 0 bridgehead atoms. The molecular formula is C13H17BrN2O4. The number of carbonyl (C=O) groups excluding carboxylic acids is 1. The van der Waals surface area contributed by atoms with Crippen LogP contribution in [0, 0.1) is 0 Å². The number of carbonyl (C=O) groups is 2. The summed E-state index contributed by atoms with van der Waals surface area (Å²) in [6, 6.07) is 4.92. The molecule has 0 aromatic heterocycles. The van der Waals surface area contributed by atoms with Crippen molar-refractivity contribution in [2.45, 2.75) is 19.3 Å². The van der Waals surface area contributed by atoms with Crippen LogP contribution < -0.4 is 15.4 Å². The van der Waals surface area contributed by atoms with E-state index in [0.29, 0.717) is 30.8 Å². The first kappa shape index (κ1) is 16.3. The third kappa shape index (κ3) is 5.92. The molecule has 2 amide bonds. The van der Waals surface area contributed by atoms with Crippen molar-refractivity contribution in [3.05, 3.63) is 22.7 Å². The summed E-state index contributed by atoms with van der Waals surface area (Å²) in [5.41, 5.74) is 0.604. The maximum atomic E-state index is 11.7. The quantitative estimate of drug-likeness (QED) is 0.663. The van der Waals surface area contributed by atoms with E-state index in [1.54, 1.807) is 25.3 Å². The first-order valence-corrected chi connectivity index (χ1v) is 6.92. The van der Waals surface area contributed by atoms with Crippen LogP contribution in [0.5, 0.6) is 5.75 Å². The summed E-state index contributed by atoms with van der Waals surface area (Å²) in [5, 5.41) is 13.8. The number of ether oxygens (including phenoxy) is 1. The fraction of sp³-hybridized carbons (Fsp3) is 0.385. The van der Waals surface area contributed by atoms with Crippen molar-refractivity contribution in [1.29, 1.82) is 0 Å². The van der Waals surface area contributed by atoms with Gasteiger partial charge in [-0.1, -0.05) is 0 Å². The number of hydrogen-bond donors (Lipinski definition) is 3. The summed E-state index contributed by atoms with van der Waals surface area (Å²) in [6.07, 6.45) is 1.28. The minimum atomic E-state index is -0.824. The molecule has 0 saturated carbocycles. The van der Waals surface area contributed by atoms with Gasteiger partial charge in [0, 0.05) is 23.5 Å². The molecule has 0 aliphatic carbocycles. The Morgan fingerprint density at radius 3 is 2.75 bits per heavy atom. The zero-order valence-electron chi connectivity index (χ0n) is 11.1. The Morgan fingerprint density at radius 2 is 2.10 bits per heavy atom. The topological polar surface area (TPSA) is 87.7 Å². The second-order valence-electron chi connectivity index (χ2n) is 4.08. The third-order valence-electron chi connectivity index (χ3n) is 2.52. The normalized spacial score (nSPS) is 9.90. The molecule has 0 atom stereocenters. The van der Waals surface area contributed by atoms with E-state index < -0.39 is 5.97 Å². The van der Waals surface area contributed by atoms with E-state index in [0.717, 1.165) is 4.47 Å². The highest BCUT2D eigenvalue weighted by atomic mass is 79.9. The molecule has 3 N–H and O–H groups in total. The highest BCUT2D eigenvalue weighted by Gasteiger charge is 2.06. The second-order valence-corrected chi connectivity index (χ2v) is 4.93. The van der Waals surface area contributed by atoms with Gasteiger partial charge in [0.2, 0.25) is 0 Å². The van der Waals surface area contributed by atoms with Crippen molar-refractivity contribution >= 4 is 33.6 Å². The Labute approximate surface area is 125 Å². The van der Waals surface area contributed by atoms with Crippen molar-refractivity contribution in [2.75, 3.05) is 19.0 Å². The van der Waals surface area contributed by atoms with Gasteiger partial charge in [0.05, 0.1) is 12.8 Å². The predicted molar refractivity (Wildman–Crippen MR) is 79.2 cm³/mol. The molecule has 20 heavy (non-hydrogen) atoms. The van der Waals surface area contributed by atoms with Crippen molar-refractivity contribution in [2.24, 2.45) is 0 Å². The molecule has 1 aromatic carbocycles. The molecule has 6 nitrogen and oxygen atoms in total. The SMILES string of the molecule is COc1ccc(Br)c(NC(=O)NCCCCC(=O)O)c1. The Bertz CT molecular complexity index is 479. The number of rotatable bonds is 7. The molecule has 0 unspecified atom stereocenters. The average Bonchev–Trinajstić information content (AvgIpc) is 2.40. The van der Waals surface area contributed by atoms with Gasteiger partial charge in [-0.15, -0.1) is 0 Å². The minimum Gasteiger partial charge on any atom is -0.497 e. The van der Waals surface area contributed by atoms with E-state index in [1.165, 1.54) is 0 Å². The third-order valence-corrected chi connectivity index (χ3v) is 3.22. The molecule has 0 aliphatic rings. The summed E-state index contributed by atoms with van der Waals surface area (Å²) < 4.78 is 5.83. The molecular weight excluding hydrogens is 328 g/mol. The van der Waals surface area contributed by atoms with E-state index in [2.05, 4.69) is 26.6 Å². The smallest absolute Gasteiger partial charge is 0.319 e. The standard InChI is InChI=1S/C13H17BrN2O4/c1-20-9-5-6-10(14)11(8-9)16-13(19)15-7-3-2-4-12(17)18/h5-6,8H,2-4,7H2,1H3,(H,17,18)(H2,15,16,19). The first-order chi connectivity index (χ1) is 9.52. The number of methoxy groups -OCH3 is 1. The lowest BCUT2D eigenvalue weighted by atomic mass is 10.2. The predicted octanol–water partition coefficient (Wildman–Crippen LogP) is 2.83. The summed E-state index contributed by atoms with van der Waals surface area (Å²) >= 11 is 3.33. The number of benzene rings is 1. The Balaban J connectivity index is 2.37. The monoisotopic (exact) mass is 344 g/mol. The first-order valence-electron chi connectivity index (χ1n) is 6.13. The lowest BCUT2D eigenvalue weighted by molar-refractivity contribution is -0.137. The summed E-state index contributed by atoms with van der Waals surface area (Å²) in [5.74, 6) is -0.181. The van der Waals surface area contributed by atoms with Crippen molar-refractivity contribution < 1.29 is 19.4 Å². The summed E-state index contributed by atoms with van der Waals surface area (Å²) in [6.45, 7) is 0.431. The van der Waals surface area contributed by atoms with Gasteiger partial charge in [0.1, 0.15) is 5.75 Å². The Morgan fingerprint density at radius 1 is 1.35 bits per heavy atom. The summed E-state index contributed by atoms with van der Waals surface area (Å²) in [4.78, 5) is 22.0. The minimum absolute atomic E-state index is 0.116. The highest BCUT2D eigenvalue weighted by molar-refractivity contribution is 9.10. The number of carboxylic acids is 1. The van der Waals surface area contributed by atoms with E-state index in [-0.39, 0.29) is 12.5 Å². The molecule has 1 rings (SSSR count). The largest absolute Gasteiger partial charge is 0.497 e. The molecule has 0 spiro atoms. The number of nitrogens with one attached hydrogen (secondary N) is 2. The second kappa shape index (κ2) is 8.42. The lowest BCUT2D eigenvalue weighted by Crippen LogP contribution is -2.29. The maximum Gasteiger partial charge on any atom is 0.319 e. The van der Waals surface area contributed by atoms with Crippen LogP contribution in [0.15, 0.2) is 22.7 Å². The van der Waals surface area contributed by atoms with Gasteiger partial charge in [-0.2, -0.15) is 0 Å². The highest BCUT2D eigenvalue weighted by Crippen LogP contribution is 2.26. The molecule has 0 radical (unpaired) electrons. The Hall–Kier alpha value is -1.76. The van der Waals surface area contributed by atoms with Gasteiger partial charge < -0.3 is 20.5 Å². The molecule has 110 valence electrons. The fourth-order valence-corrected chi connectivity index (χ4v) is 1.84. The van der Waals surface area contributed by atoms with Gasteiger partial charge >= 0.3 is 12.0 Å². The molecule has 0 heterocycles. The molecule has 0 fully saturated rings. The van der Waals surface area contributed by atoms with Gasteiger partial charge in [-0.05, 0) is 40.9 Å². The number of hydrogen-bond acceptors (Lipinski definition) is 3. The number of halogens is 1. The van der Waals surface area contributed by atoms with Crippen LogP contribution in [0.1, 0.15) is 19.3 Å². The van der Waals surface area contributed by atoms with Crippen LogP contribution >= 0.6 is 15.9 Å². The number of unbranched alkanes of at least 4 members (excludes halogenated alkanes) is 1. The van der Waals surface area contributed by atoms with Crippen molar-refractivity contribution in [1.82, 2.24) is 5.32 Å². The maximum absolute atomic E-state index is 11.7. The Kier molecular flexibility index (Phi) is 6.86. The van der Waals surface area contributed by atoms with Gasteiger partial charge in [0.15, 0.2) is 0 Å². The molecule has 1 aromatic rings. The number of urea groups is 1. The van der Waals surface area contributed by atoms with Gasteiger partial charge in [-0.25, -0.2) is 4.79 Å². The van der Waals surface area contributed by atoms with Crippen LogP contribution in [0.25, 0.3) is 0 Å². The van der Waals surface area contributed by atoms with E-state index in [1.807, 2.05) is 0 Å². The van der Waals surface area contributed by atoms with Crippen LogP contribution in [-0.2, 0) is 4.79 Å². The van der Waals surface area contributed by atoms with Crippen molar-refractivity contribution in [3.63, 3.8) is 0 Å². The van der Waals surface area contributed by atoms with E-state index in [4.69, 9.17) is 9.84 Å². The number of anilines is 1. The van der Waals surface area contributed by atoms with Crippen LogP contribution in [0.3, 0.4) is 0 Å². The number of amides is 2. The van der Waals surface area contributed by atoms with E-state index >= 15 is 0 Å². The molecule has 7 heteroatoms. The lowest BCUT2D eigenvalue weighted by Gasteiger charge is -2.10. The zero-order valence-corrected chi connectivity index (χ0v) is 12.7. The van der Waals surface area contributed by atoms with Gasteiger partial charge in [0.25, 0.3) is 0 Å². The number of carboxylic acid groups (broad SMARTS) is 1. The van der Waals surface area contributed by atoms with Gasteiger partial charge in [-0.3, -0.25) is 4.79 Å². The molecule has 0 saturated heterocycles. The zero-order chi connectivity index (χ0) is 15.0. The number of aliphatic carboxylic acids is 1. The fourth-order valence-electron chi connectivity index (χ4n) is 1.50. The molecule has 0 aliphatic heterocycles. The van der Waals surface area contributed by atoms with Crippen LogP contribution in [0.2, 0.25) is 0 Å². The average molecular weight is 345 g/mol. The van der Waals surface area contributed by atoms with Crippen molar-refractivity contribution in [3.8, 4) is 5.75 Å². The summed E-state index contributed by atoms with van der Waals surface area (Å²) in [7, 11) is 1.55. The van der Waals surface area contributed by atoms with Crippen LogP contribution in [0.4, 0.5) is 10.5 Å². The van der Waals surface area contributed by atoms with Crippen LogP contribution in [-0.4, -0.2) is 30.8 Å². The van der Waals surface area contributed by atoms with E-state index in [9.17, 15) is 9.59 Å².